The molecule has 0 radical (unpaired) electrons. The van der Waals surface area contributed by atoms with Gasteiger partial charge in [0.15, 0.2) is 0 Å². The van der Waals surface area contributed by atoms with Gasteiger partial charge in [-0.1, -0.05) is 6.07 Å². The van der Waals surface area contributed by atoms with Gasteiger partial charge in [0, 0.05) is 57.6 Å². The molecule has 0 atom stereocenters. The SMILES string of the molecule is Cc1cc(C)c(NC(=O)c2ccc([N+](=O)[O-])cc2)c(C)c1NC(=O)c1ccc([N+](=O)[O-])cc1.N#N. The van der Waals surface area contributed by atoms with Crippen LogP contribution in [-0.2, 0) is 0 Å². The molecule has 178 valence electrons. The molecule has 0 unspecified atom stereocenters. The number of rotatable bonds is 6. The Morgan fingerprint density at radius 1 is 0.686 bits per heavy atom. The molecular weight excluding hydrogens is 456 g/mol. The number of carbonyl (C=O) groups is 2. The molecule has 2 N–H and O–H groups in total. The summed E-state index contributed by atoms with van der Waals surface area (Å²) in [7, 11) is 0. The van der Waals surface area contributed by atoms with E-state index in [9.17, 15) is 29.8 Å². The summed E-state index contributed by atoms with van der Waals surface area (Å²) in [5.74, 6) is -0.903. The van der Waals surface area contributed by atoms with E-state index in [2.05, 4.69) is 10.6 Å². The summed E-state index contributed by atoms with van der Waals surface area (Å²) in [6, 6.07) is 12.3. The van der Waals surface area contributed by atoms with E-state index in [1.165, 1.54) is 48.5 Å². The van der Waals surface area contributed by atoms with Crippen molar-refractivity contribution >= 4 is 34.6 Å². The van der Waals surface area contributed by atoms with Crippen LogP contribution in [0.2, 0.25) is 0 Å². The highest BCUT2D eigenvalue weighted by atomic mass is 16.6. The fourth-order valence-corrected chi connectivity index (χ4v) is 3.41. The molecule has 0 bridgehead atoms. The van der Waals surface area contributed by atoms with E-state index in [0.29, 0.717) is 16.9 Å². The van der Waals surface area contributed by atoms with Crippen molar-refractivity contribution in [3.63, 3.8) is 0 Å². The molecule has 35 heavy (non-hydrogen) atoms. The van der Waals surface area contributed by atoms with Crippen LogP contribution in [0, 0.1) is 51.8 Å². The molecule has 12 heteroatoms. The van der Waals surface area contributed by atoms with Crippen molar-refractivity contribution in [2.24, 2.45) is 0 Å². The number of hydrogen-bond acceptors (Lipinski definition) is 8. The van der Waals surface area contributed by atoms with Crippen LogP contribution in [0.25, 0.3) is 0 Å². The Labute approximate surface area is 199 Å². The third-order valence-corrected chi connectivity index (χ3v) is 5.13. The summed E-state index contributed by atoms with van der Waals surface area (Å²) in [6.45, 7) is 5.37. The Morgan fingerprint density at radius 2 is 1.00 bits per heavy atom. The summed E-state index contributed by atoms with van der Waals surface area (Å²) < 4.78 is 0. The number of benzene rings is 3. The number of nitrogens with zero attached hydrogens (tertiary/aromatic N) is 4. The quantitative estimate of drug-likeness (QED) is 0.283. The Hall–Kier alpha value is -5.18. The fraction of sp³-hybridized carbons (Fsp3) is 0.130. The minimum atomic E-state index is -0.546. The lowest BCUT2D eigenvalue weighted by atomic mass is 10.0. The van der Waals surface area contributed by atoms with Crippen LogP contribution in [0.15, 0.2) is 54.6 Å². The van der Waals surface area contributed by atoms with Gasteiger partial charge in [-0.25, -0.2) is 0 Å². The van der Waals surface area contributed by atoms with Crippen molar-refractivity contribution in [2.45, 2.75) is 20.8 Å². The van der Waals surface area contributed by atoms with E-state index in [0.717, 1.165) is 11.1 Å². The highest BCUT2D eigenvalue weighted by molar-refractivity contribution is 6.08. The van der Waals surface area contributed by atoms with Gasteiger partial charge >= 0.3 is 0 Å². The molecule has 2 amide bonds. The molecule has 0 saturated heterocycles. The number of carbonyl (C=O) groups excluding carboxylic acids is 2. The Bertz CT molecular complexity index is 1220. The Balaban J connectivity index is 0.00000210. The zero-order chi connectivity index (χ0) is 26.3. The van der Waals surface area contributed by atoms with Crippen molar-refractivity contribution in [2.75, 3.05) is 10.6 Å². The number of amides is 2. The highest BCUT2D eigenvalue weighted by Gasteiger charge is 2.18. The van der Waals surface area contributed by atoms with Crippen LogP contribution >= 0.6 is 0 Å². The van der Waals surface area contributed by atoms with Crippen LogP contribution < -0.4 is 10.6 Å². The van der Waals surface area contributed by atoms with E-state index in [1.54, 1.807) is 6.92 Å². The second-order valence-corrected chi connectivity index (χ2v) is 7.40. The first-order chi connectivity index (χ1) is 16.6. The first-order valence-corrected chi connectivity index (χ1v) is 10.0. The number of aryl methyl sites for hydroxylation is 2. The van der Waals surface area contributed by atoms with E-state index in [1.807, 2.05) is 19.9 Å². The minimum absolute atomic E-state index is 0.120. The normalized spacial score (nSPS) is 9.86. The zero-order valence-electron chi connectivity index (χ0n) is 18.9. The summed E-state index contributed by atoms with van der Waals surface area (Å²) in [5, 5.41) is 39.2. The Morgan fingerprint density at radius 3 is 1.29 bits per heavy atom. The molecule has 3 aromatic rings. The number of nitrogens with one attached hydrogen (secondary N) is 2. The molecule has 0 aliphatic carbocycles. The predicted octanol–water partition coefficient (Wildman–Crippen LogP) is 4.96. The average Bonchev–Trinajstić information content (AvgIpc) is 2.85. The molecule has 0 saturated carbocycles. The van der Waals surface area contributed by atoms with E-state index < -0.39 is 21.7 Å². The monoisotopic (exact) mass is 476 g/mol. The second-order valence-electron chi connectivity index (χ2n) is 7.40. The van der Waals surface area contributed by atoms with Crippen molar-refractivity contribution in [3.8, 4) is 0 Å². The van der Waals surface area contributed by atoms with Crippen LogP contribution in [0.5, 0.6) is 0 Å². The molecule has 0 aliphatic heterocycles. The van der Waals surface area contributed by atoms with Crippen LogP contribution in [0.3, 0.4) is 0 Å². The van der Waals surface area contributed by atoms with Gasteiger partial charge in [-0.2, -0.15) is 0 Å². The summed E-state index contributed by atoms with van der Waals surface area (Å²) in [6.07, 6.45) is 0. The zero-order valence-corrected chi connectivity index (χ0v) is 18.9. The van der Waals surface area contributed by atoms with E-state index in [-0.39, 0.29) is 22.5 Å². The van der Waals surface area contributed by atoms with Crippen molar-refractivity contribution in [1.29, 1.82) is 10.8 Å². The molecule has 3 rings (SSSR count). The number of non-ortho nitro benzene ring substituents is 2. The van der Waals surface area contributed by atoms with Gasteiger partial charge < -0.3 is 10.6 Å². The molecule has 0 aromatic heterocycles. The lowest BCUT2D eigenvalue weighted by Crippen LogP contribution is -2.17. The van der Waals surface area contributed by atoms with Crippen molar-refractivity contribution in [3.05, 3.63) is 103 Å². The number of nitro benzene ring substituents is 2. The van der Waals surface area contributed by atoms with Crippen molar-refractivity contribution < 1.29 is 19.4 Å². The van der Waals surface area contributed by atoms with Gasteiger partial charge in [-0.05, 0) is 61.7 Å². The maximum atomic E-state index is 12.7. The third-order valence-electron chi connectivity index (χ3n) is 5.13. The molecule has 0 spiro atoms. The summed E-state index contributed by atoms with van der Waals surface area (Å²) in [4.78, 5) is 45.9. The second kappa shape index (κ2) is 11.1. The van der Waals surface area contributed by atoms with Crippen molar-refractivity contribution in [1.82, 2.24) is 0 Å². The smallest absolute Gasteiger partial charge is 0.269 e. The highest BCUT2D eigenvalue weighted by Crippen LogP contribution is 2.32. The lowest BCUT2D eigenvalue weighted by Gasteiger charge is -2.19. The first-order valence-electron chi connectivity index (χ1n) is 10.0. The molecule has 0 fully saturated rings. The molecule has 0 heterocycles. The van der Waals surface area contributed by atoms with Gasteiger partial charge in [0.2, 0.25) is 0 Å². The molecular formula is C23H20N6O6. The van der Waals surface area contributed by atoms with Gasteiger partial charge in [-0.15, -0.1) is 0 Å². The number of anilines is 2. The van der Waals surface area contributed by atoms with Crippen LogP contribution in [0.4, 0.5) is 22.7 Å². The maximum absolute atomic E-state index is 12.7. The lowest BCUT2D eigenvalue weighted by molar-refractivity contribution is -0.385. The minimum Gasteiger partial charge on any atom is -0.321 e. The first kappa shape index (κ1) is 26.1. The van der Waals surface area contributed by atoms with E-state index >= 15 is 0 Å². The third kappa shape index (κ3) is 5.99. The Kier molecular flexibility index (Phi) is 8.27. The van der Waals surface area contributed by atoms with E-state index in [4.69, 9.17) is 10.8 Å². The van der Waals surface area contributed by atoms with Gasteiger partial charge in [0.05, 0.1) is 9.85 Å². The summed E-state index contributed by atoms with van der Waals surface area (Å²) >= 11 is 0. The number of hydrogen-bond donors (Lipinski definition) is 2. The van der Waals surface area contributed by atoms with Gasteiger partial charge in [-0.3, -0.25) is 29.8 Å². The molecule has 12 nitrogen and oxygen atoms in total. The largest absolute Gasteiger partial charge is 0.321 e. The van der Waals surface area contributed by atoms with Crippen LogP contribution in [-0.4, -0.2) is 21.7 Å². The topological polar surface area (TPSA) is 192 Å². The fourth-order valence-electron chi connectivity index (χ4n) is 3.41. The van der Waals surface area contributed by atoms with Crippen LogP contribution in [0.1, 0.15) is 37.4 Å². The number of nitro groups is 2. The molecule has 3 aromatic carbocycles. The van der Waals surface area contributed by atoms with Gasteiger partial charge in [0.25, 0.3) is 23.2 Å². The van der Waals surface area contributed by atoms with Gasteiger partial charge in [0.1, 0.15) is 0 Å². The maximum Gasteiger partial charge on any atom is 0.269 e. The average molecular weight is 476 g/mol. The standard InChI is InChI=1S/C23H20N4O6.N2/c1-13-12-14(2)21(25-23(29)17-6-10-19(11-7-17)27(32)33)15(3)20(13)24-22(28)16-4-8-18(9-5-16)26(30)31;1-2/h4-12H,1-3H3,(H,24,28)(H,25,29);. The predicted molar refractivity (Wildman–Crippen MR) is 126 cm³/mol. The summed E-state index contributed by atoms with van der Waals surface area (Å²) in [5.41, 5.74) is 3.43. The molecule has 0 aliphatic rings.